The predicted octanol–water partition coefficient (Wildman–Crippen LogP) is 8.65. The van der Waals surface area contributed by atoms with Crippen LogP contribution in [0.1, 0.15) is 97.6 Å². The molecule has 1 aromatic rings. The zero-order valence-electron chi connectivity index (χ0n) is 19.6. The van der Waals surface area contributed by atoms with Crippen LogP contribution >= 0.6 is 0 Å². The van der Waals surface area contributed by atoms with E-state index in [4.69, 9.17) is 0 Å². The summed E-state index contributed by atoms with van der Waals surface area (Å²) in [6.07, 6.45) is 17.3. The molecule has 0 unspecified atom stereocenters. The molecule has 0 nitrogen and oxygen atoms in total. The normalized spacial score (nSPS) is 28.2. The first-order valence-corrected chi connectivity index (χ1v) is 12.2. The van der Waals surface area contributed by atoms with E-state index < -0.39 is 0 Å². The molecule has 0 aromatic heterocycles. The van der Waals surface area contributed by atoms with Gasteiger partial charge in [0.2, 0.25) is 0 Å². The molecule has 2 saturated carbocycles. The molecule has 0 aliphatic heterocycles. The highest BCUT2D eigenvalue weighted by molar-refractivity contribution is 5.49. The van der Waals surface area contributed by atoms with Gasteiger partial charge in [0.1, 0.15) is 0 Å². The Balaban J connectivity index is 1.47. The first-order chi connectivity index (χ1) is 13.9. The van der Waals surface area contributed by atoms with E-state index in [0.29, 0.717) is 0 Å². The largest absolute Gasteiger partial charge is 0.216 e. The number of benzene rings is 1. The standard InChI is InChI=1S/C28H43F/c1-19-20(2)22(4)28(23(5)21(19)3)18-27-14-12-26(13-15-27)17-25-10-8-24(9-11-25)7-6-16-29/h6,16,24-27H,7-15,17-18H2,1-5H3/b16-6+. The zero-order chi connectivity index (χ0) is 21.0. The van der Waals surface area contributed by atoms with Crippen LogP contribution in [0.15, 0.2) is 12.4 Å². The summed E-state index contributed by atoms with van der Waals surface area (Å²) in [6, 6.07) is 0. The minimum Gasteiger partial charge on any atom is -0.216 e. The molecule has 0 spiro atoms. The molecule has 0 atom stereocenters. The van der Waals surface area contributed by atoms with Crippen molar-refractivity contribution in [1.82, 2.24) is 0 Å². The maximum atomic E-state index is 12.2. The van der Waals surface area contributed by atoms with Crippen LogP contribution in [0.5, 0.6) is 0 Å². The van der Waals surface area contributed by atoms with E-state index in [-0.39, 0.29) is 0 Å². The molecule has 3 rings (SSSR count). The van der Waals surface area contributed by atoms with Gasteiger partial charge in [-0.15, -0.1) is 0 Å². The third-order valence-electron chi connectivity index (χ3n) is 8.81. The van der Waals surface area contributed by atoms with Gasteiger partial charge in [-0.25, -0.2) is 4.39 Å². The third kappa shape index (κ3) is 5.53. The van der Waals surface area contributed by atoms with Crippen LogP contribution in [0.2, 0.25) is 0 Å². The molecule has 0 bridgehead atoms. The van der Waals surface area contributed by atoms with E-state index in [2.05, 4.69) is 34.6 Å². The van der Waals surface area contributed by atoms with E-state index in [9.17, 15) is 4.39 Å². The Morgan fingerprint density at radius 2 is 1.03 bits per heavy atom. The van der Waals surface area contributed by atoms with Gasteiger partial charge < -0.3 is 0 Å². The van der Waals surface area contributed by atoms with E-state index in [0.717, 1.165) is 36.4 Å². The van der Waals surface area contributed by atoms with Crippen molar-refractivity contribution >= 4 is 0 Å². The third-order valence-corrected chi connectivity index (χ3v) is 8.81. The Hall–Kier alpha value is -1.11. The number of hydrogen-bond acceptors (Lipinski definition) is 0. The fourth-order valence-corrected chi connectivity index (χ4v) is 6.26. The van der Waals surface area contributed by atoms with Crippen LogP contribution in [-0.2, 0) is 6.42 Å². The van der Waals surface area contributed by atoms with Crippen molar-refractivity contribution < 1.29 is 4.39 Å². The van der Waals surface area contributed by atoms with Gasteiger partial charge in [0.15, 0.2) is 0 Å². The second-order valence-electron chi connectivity index (χ2n) is 10.4. The quantitative estimate of drug-likeness (QED) is 0.450. The lowest BCUT2D eigenvalue weighted by atomic mass is 9.71. The molecule has 0 saturated heterocycles. The van der Waals surface area contributed by atoms with Gasteiger partial charge in [0.05, 0.1) is 6.33 Å². The molecule has 1 heteroatoms. The molecule has 2 fully saturated rings. The molecule has 2 aliphatic carbocycles. The van der Waals surface area contributed by atoms with Crippen LogP contribution in [0, 0.1) is 58.3 Å². The van der Waals surface area contributed by atoms with E-state index in [1.165, 1.54) is 80.9 Å². The summed E-state index contributed by atoms with van der Waals surface area (Å²) in [5.74, 6) is 3.52. The first-order valence-electron chi connectivity index (χ1n) is 12.2. The summed E-state index contributed by atoms with van der Waals surface area (Å²) >= 11 is 0. The maximum Gasteiger partial charge on any atom is 0.0827 e. The van der Waals surface area contributed by atoms with Crippen molar-refractivity contribution in [3.8, 4) is 0 Å². The lowest BCUT2D eigenvalue weighted by molar-refractivity contribution is 0.191. The summed E-state index contributed by atoms with van der Waals surface area (Å²) in [7, 11) is 0. The molecule has 0 N–H and O–H groups in total. The van der Waals surface area contributed by atoms with Crippen LogP contribution in [-0.4, -0.2) is 0 Å². The summed E-state index contributed by atoms with van der Waals surface area (Å²) in [5.41, 5.74) is 9.25. The molecule has 2 aliphatic rings. The molecule has 0 heterocycles. The Bertz CT molecular complexity index is 669. The van der Waals surface area contributed by atoms with Crippen LogP contribution in [0.4, 0.5) is 4.39 Å². The van der Waals surface area contributed by atoms with Gasteiger partial charge in [-0.1, -0.05) is 31.8 Å². The van der Waals surface area contributed by atoms with Gasteiger partial charge in [0, 0.05) is 0 Å². The highest BCUT2D eigenvalue weighted by Crippen LogP contribution is 2.40. The number of allylic oxidation sites excluding steroid dienone is 1. The van der Waals surface area contributed by atoms with Gasteiger partial charge in [-0.3, -0.25) is 0 Å². The Morgan fingerprint density at radius 3 is 1.52 bits per heavy atom. The molecule has 0 amide bonds. The predicted molar refractivity (Wildman–Crippen MR) is 124 cm³/mol. The summed E-state index contributed by atoms with van der Waals surface area (Å²) in [5, 5.41) is 0. The molecule has 29 heavy (non-hydrogen) atoms. The Labute approximate surface area is 179 Å². The van der Waals surface area contributed by atoms with E-state index in [1.807, 2.05) is 0 Å². The average Bonchev–Trinajstić information content (AvgIpc) is 2.74. The van der Waals surface area contributed by atoms with Crippen LogP contribution < -0.4 is 0 Å². The molecule has 1 aromatic carbocycles. The number of hydrogen-bond donors (Lipinski definition) is 0. The molecular weight excluding hydrogens is 355 g/mol. The van der Waals surface area contributed by atoms with E-state index >= 15 is 0 Å². The number of halogens is 1. The van der Waals surface area contributed by atoms with Crippen molar-refractivity contribution in [1.29, 1.82) is 0 Å². The first kappa shape index (κ1) is 22.6. The zero-order valence-corrected chi connectivity index (χ0v) is 19.6. The molecule has 0 radical (unpaired) electrons. The Morgan fingerprint density at radius 1 is 0.621 bits per heavy atom. The average molecular weight is 399 g/mol. The second-order valence-corrected chi connectivity index (χ2v) is 10.4. The van der Waals surface area contributed by atoms with Crippen LogP contribution in [0.25, 0.3) is 0 Å². The monoisotopic (exact) mass is 398 g/mol. The van der Waals surface area contributed by atoms with Crippen molar-refractivity contribution in [2.75, 3.05) is 0 Å². The SMILES string of the molecule is Cc1c(C)c(C)c(CC2CCC(CC3CCC(C/C=C/F)CC3)CC2)c(C)c1C. The summed E-state index contributed by atoms with van der Waals surface area (Å²) in [6.45, 7) is 11.6. The van der Waals surface area contributed by atoms with Gasteiger partial charge in [-0.2, -0.15) is 0 Å². The number of rotatable bonds is 6. The maximum absolute atomic E-state index is 12.2. The topological polar surface area (TPSA) is 0 Å². The van der Waals surface area contributed by atoms with Gasteiger partial charge in [0.25, 0.3) is 0 Å². The van der Waals surface area contributed by atoms with Gasteiger partial charge in [-0.05, 0) is 137 Å². The highest BCUT2D eigenvalue weighted by atomic mass is 19.1. The van der Waals surface area contributed by atoms with E-state index in [1.54, 1.807) is 22.8 Å². The fourth-order valence-electron chi connectivity index (χ4n) is 6.26. The van der Waals surface area contributed by atoms with Crippen molar-refractivity contribution in [2.45, 2.75) is 105 Å². The van der Waals surface area contributed by atoms with Crippen molar-refractivity contribution in [2.24, 2.45) is 23.7 Å². The second kappa shape index (κ2) is 10.3. The van der Waals surface area contributed by atoms with Crippen molar-refractivity contribution in [3.63, 3.8) is 0 Å². The lowest BCUT2D eigenvalue weighted by Crippen LogP contribution is -2.22. The highest BCUT2D eigenvalue weighted by Gasteiger charge is 2.27. The van der Waals surface area contributed by atoms with Crippen molar-refractivity contribution in [3.05, 3.63) is 45.8 Å². The lowest BCUT2D eigenvalue weighted by Gasteiger charge is -2.34. The van der Waals surface area contributed by atoms with Gasteiger partial charge >= 0.3 is 0 Å². The summed E-state index contributed by atoms with van der Waals surface area (Å²) < 4.78 is 12.2. The Kier molecular flexibility index (Phi) is 7.99. The van der Waals surface area contributed by atoms with Crippen LogP contribution in [0.3, 0.4) is 0 Å². The minimum atomic E-state index is 0.729. The fraction of sp³-hybridized carbons (Fsp3) is 0.714. The minimum absolute atomic E-state index is 0.729. The molecular formula is C28H43F. The molecule has 162 valence electrons. The summed E-state index contributed by atoms with van der Waals surface area (Å²) in [4.78, 5) is 0. The smallest absolute Gasteiger partial charge is 0.0827 e.